The van der Waals surface area contributed by atoms with E-state index in [1.807, 2.05) is 12.4 Å². The van der Waals surface area contributed by atoms with Gasteiger partial charge in [0.25, 0.3) is 0 Å². The summed E-state index contributed by atoms with van der Waals surface area (Å²) in [7, 11) is 0. The van der Waals surface area contributed by atoms with Crippen molar-refractivity contribution in [1.82, 2.24) is 9.97 Å². The summed E-state index contributed by atoms with van der Waals surface area (Å²) in [4.78, 5) is 15.5. The quantitative estimate of drug-likeness (QED) is 0.167. The lowest BCUT2D eigenvalue weighted by atomic mass is 9.71. The van der Waals surface area contributed by atoms with Gasteiger partial charge < -0.3 is 9.80 Å². The van der Waals surface area contributed by atoms with E-state index in [9.17, 15) is 0 Å². The molecular weight excluding hydrogens is 729 g/mol. The first-order chi connectivity index (χ1) is 29.2. The molecule has 6 aromatic rings. The van der Waals surface area contributed by atoms with Crippen LogP contribution in [0, 0.1) is 41.5 Å². The predicted octanol–water partition coefficient (Wildman–Crippen LogP) is 12.8. The third-order valence-corrected chi connectivity index (χ3v) is 14.9. The fourth-order valence-electron chi connectivity index (χ4n) is 12.2. The molecule has 4 heteroatoms. The molecule has 0 spiro atoms. The molecule has 0 saturated heterocycles. The molecule has 0 N–H and O–H groups in total. The van der Waals surface area contributed by atoms with Gasteiger partial charge in [0.05, 0.1) is 23.5 Å². The number of hydrogen-bond acceptors (Lipinski definition) is 4. The number of rotatable bonds is 4. The van der Waals surface area contributed by atoms with E-state index in [1.54, 1.807) is 5.56 Å². The Hall–Kier alpha value is -6.00. The average molecular weight is 781 g/mol. The molecule has 2 aromatic heterocycles. The van der Waals surface area contributed by atoms with Crippen LogP contribution in [0.25, 0.3) is 16.7 Å². The third-order valence-electron chi connectivity index (χ3n) is 14.9. The summed E-state index contributed by atoms with van der Waals surface area (Å²) < 4.78 is 0. The Morgan fingerprint density at radius 1 is 0.533 bits per heavy atom. The highest BCUT2D eigenvalue weighted by Crippen LogP contribution is 2.60. The van der Waals surface area contributed by atoms with Gasteiger partial charge in [-0.1, -0.05) is 90.0 Å². The molecule has 4 aromatic carbocycles. The van der Waals surface area contributed by atoms with Crippen LogP contribution in [0.4, 0.5) is 23.0 Å². The Kier molecular flexibility index (Phi) is 7.93. The Bertz CT molecular complexity index is 2930. The van der Waals surface area contributed by atoms with Gasteiger partial charge in [0.1, 0.15) is 11.6 Å². The Balaban J connectivity index is 1.05. The number of aryl methyl sites for hydroxylation is 8. The monoisotopic (exact) mass is 780 g/mol. The number of hydrogen-bond donors (Lipinski definition) is 0. The van der Waals surface area contributed by atoms with Crippen molar-refractivity contribution in [3.63, 3.8) is 0 Å². The highest BCUT2D eigenvalue weighted by atomic mass is 15.3. The largest absolute Gasteiger partial charge is 0.318 e. The lowest BCUT2D eigenvalue weighted by molar-refractivity contribution is 0.530. The lowest BCUT2D eigenvalue weighted by Gasteiger charge is -2.36. The summed E-state index contributed by atoms with van der Waals surface area (Å²) in [5.41, 5.74) is 27.0. The van der Waals surface area contributed by atoms with Crippen molar-refractivity contribution < 1.29 is 0 Å². The molecule has 4 heterocycles. The molecule has 0 saturated carbocycles. The number of allylic oxidation sites excluding steroid dienone is 3. The third kappa shape index (κ3) is 5.28. The second-order valence-corrected chi connectivity index (χ2v) is 18.8. The second-order valence-electron chi connectivity index (χ2n) is 18.8. The van der Waals surface area contributed by atoms with Crippen molar-refractivity contribution in [2.24, 2.45) is 0 Å². The van der Waals surface area contributed by atoms with E-state index >= 15 is 0 Å². The van der Waals surface area contributed by atoms with Crippen molar-refractivity contribution in [3.05, 3.63) is 193 Å². The zero-order chi connectivity index (χ0) is 40.6. The second kappa shape index (κ2) is 13.2. The zero-order valence-corrected chi connectivity index (χ0v) is 35.7. The Morgan fingerprint density at radius 3 is 1.82 bits per heavy atom. The molecule has 296 valence electrons. The van der Waals surface area contributed by atoms with E-state index in [4.69, 9.17) is 9.97 Å². The molecule has 12 rings (SSSR count). The van der Waals surface area contributed by atoms with Crippen LogP contribution >= 0.6 is 0 Å². The SMILES string of the molecule is Cc1ccnc(N2c3c(cc4c5c3CCc3cc6c(c(c3-5)CC4)N(c3cc(C)ccn3)C3C=CC(c4cc(C)ccc4C)CC63)C3C=C(c4cc(C)ccc4C)C=CC32)c1. The highest BCUT2D eigenvalue weighted by Gasteiger charge is 2.47. The smallest absolute Gasteiger partial charge is 0.133 e. The fraction of sp³-hybridized carbons (Fsp3) is 0.286. The minimum atomic E-state index is 0.173. The van der Waals surface area contributed by atoms with Gasteiger partial charge in [-0.25, -0.2) is 9.97 Å². The minimum absolute atomic E-state index is 0.173. The van der Waals surface area contributed by atoms with Gasteiger partial charge in [-0.2, -0.15) is 0 Å². The number of pyridine rings is 2. The number of aromatic nitrogens is 2. The van der Waals surface area contributed by atoms with E-state index in [-0.39, 0.29) is 18.0 Å². The maximum Gasteiger partial charge on any atom is 0.133 e. The van der Waals surface area contributed by atoms with Gasteiger partial charge >= 0.3 is 0 Å². The van der Waals surface area contributed by atoms with Crippen molar-refractivity contribution >= 4 is 28.6 Å². The zero-order valence-electron chi connectivity index (χ0n) is 35.7. The lowest BCUT2D eigenvalue weighted by Crippen LogP contribution is -2.32. The summed E-state index contributed by atoms with van der Waals surface area (Å²) in [5, 5.41) is 0. The fourth-order valence-corrected chi connectivity index (χ4v) is 12.2. The summed E-state index contributed by atoms with van der Waals surface area (Å²) in [6, 6.07) is 28.4. The van der Waals surface area contributed by atoms with Gasteiger partial charge in [-0.05, 0) is 181 Å². The maximum atomic E-state index is 5.11. The van der Waals surface area contributed by atoms with Gasteiger partial charge in [0.15, 0.2) is 0 Å². The Labute approximate surface area is 355 Å². The predicted molar refractivity (Wildman–Crippen MR) is 247 cm³/mol. The number of fused-ring (bicyclic) bond motifs is 8. The van der Waals surface area contributed by atoms with Crippen molar-refractivity contribution in [2.45, 2.75) is 103 Å². The standard InChI is InChI=1S/C56H52N4/c1-31-7-9-35(5)43(23-31)37-13-17-49-45(27-37)47-29-39-11-16-42-54-40(12-15-41(53(39)54)55(47)59(49)51-25-33(3)19-21-57-51)30-48-46-28-38(44-24-32(2)8-10-36(44)6)14-18-50(46)60(56(42)48)52-26-34(4)20-22-58-52/h7-10,13-14,17-27,29-30,38,45-46,49-50H,11-12,15-16,28H2,1-6H3. The Morgan fingerprint density at radius 2 is 1.13 bits per heavy atom. The van der Waals surface area contributed by atoms with Crippen LogP contribution < -0.4 is 9.80 Å². The molecule has 60 heavy (non-hydrogen) atoms. The van der Waals surface area contributed by atoms with E-state index in [0.29, 0.717) is 11.8 Å². The normalized spacial score (nSPS) is 22.6. The molecular formula is C56H52N4. The topological polar surface area (TPSA) is 32.3 Å². The van der Waals surface area contributed by atoms with Gasteiger partial charge in [-0.15, -0.1) is 0 Å². The van der Waals surface area contributed by atoms with Gasteiger partial charge in [0, 0.05) is 30.1 Å². The summed E-state index contributed by atoms with van der Waals surface area (Å²) in [6.45, 7) is 13.4. The van der Waals surface area contributed by atoms with Crippen molar-refractivity contribution in [2.75, 3.05) is 9.80 Å². The van der Waals surface area contributed by atoms with E-state index < -0.39 is 0 Å². The molecule has 0 bridgehead atoms. The number of benzene rings is 4. The molecule has 5 unspecified atom stereocenters. The molecule has 0 fully saturated rings. The summed E-state index contributed by atoms with van der Waals surface area (Å²) >= 11 is 0. The van der Waals surface area contributed by atoms with Crippen LogP contribution in [0.1, 0.15) is 102 Å². The summed E-state index contributed by atoms with van der Waals surface area (Å²) in [5.74, 6) is 3.17. The van der Waals surface area contributed by atoms with Crippen LogP contribution in [0.15, 0.2) is 116 Å². The van der Waals surface area contributed by atoms with Crippen LogP contribution in [0.5, 0.6) is 0 Å². The van der Waals surface area contributed by atoms with E-state index in [1.165, 1.54) is 100 Å². The van der Waals surface area contributed by atoms with Crippen LogP contribution in [0.3, 0.4) is 0 Å². The molecule has 2 aliphatic heterocycles. The first kappa shape index (κ1) is 35.9. The van der Waals surface area contributed by atoms with Crippen molar-refractivity contribution in [1.29, 1.82) is 0 Å². The van der Waals surface area contributed by atoms with E-state index in [0.717, 1.165) is 43.7 Å². The summed E-state index contributed by atoms with van der Waals surface area (Å²) in [6.07, 6.45) is 21.8. The molecule has 5 atom stereocenters. The minimum Gasteiger partial charge on any atom is -0.318 e. The molecule has 0 radical (unpaired) electrons. The van der Waals surface area contributed by atoms with Crippen LogP contribution in [-0.2, 0) is 25.7 Å². The maximum absolute atomic E-state index is 5.11. The molecule has 4 aliphatic carbocycles. The molecule has 4 nitrogen and oxygen atoms in total. The van der Waals surface area contributed by atoms with Crippen LogP contribution in [0.2, 0.25) is 0 Å². The number of nitrogens with zero attached hydrogens (tertiary/aromatic N) is 4. The first-order valence-corrected chi connectivity index (χ1v) is 22.2. The van der Waals surface area contributed by atoms with Crippen LogP contribution in [-0.4, -0.2) is 22.1 Å². The highest BCUT2D eigenvalue weighted by molar-refractivity contribution is 5.95. The molecule has 0 amide bonds. The first-order valence-electron chi connectivity index (χ1n) is 22.2. The number of anilines is 4. The van der Waals surface area contributed by atoms with E-state index in [2.05, 4.69) is 155 Å². The van der Waals surface area contributed by atoms with Gasteiger partial charge in [-0.3, -0.25) is 0 Å². The van der Waals surface area contributed by atoms with Gasteiger partial charge in [0.2, 0.25) is 0 Å². The average Bonchev–Trinajstić information content (AvgIpc) is 3.76. The van der Waals surface area contributed by atoms with Crippen molar-refractivity contribution in [3.8, 4) is 11.1 Å². The molecule has 6 aliphatic rings.